The standard InChI is InChI=1S/C14H21N3O3S/c1-2-16-21(19,20)13-6-4-3-5-12(13)17-14(18)11-7-9-15-10-8-11/h3-6,11,15-16H,2,7-10H2,1H3,(H,17,18). The summed E-state index contributed by atoms with van der Waals surface area (Å²) < 4.78 is 26.7. The quantitative estimate of drug-likeness (QED) is 0.755. The molecule has 0 bridgehead atoms. The molecule has 1 saturated heterocycles. The number of amides is 1. The molecule has 116 valence electrons. The lowest BCUT2D eigenvalue weighted by molar-refractivity contribution is -0.120. The molecule has 1 fully saturated rings. The Morgan fingerprint density at radius 3 is 2.62 bits per heavy atom. The highest BCUT2D eigenvalue weighted by Gasteiger charge is 2.23. The van der Waals surface area contributed by atoms with Crippen molar-refractivity contribution in [2.24, 2.45) is 5.92 Å². The number of hydrogen-bond acceptors (Lipinski definition) is 4. The van der Waals surface area contributed by atoms with Gasteiger partial charge in [-0.2, -0.15) is 0 Å². The van der Waals surface area contributed by atoms with Gasteiger partial charge in [-0.05, 0) is 38.1 Å². The van der Waals surface area contributed by atoms with Crippen LogP contribution >= 0.6 is 0 Å². The van der Waals surface area contributed by atoms with Crippen LogP contribution in [-0.4, -0.2) is 34.0 Å². The summed E-state index contributed by atoms with van der Waals surface area (Å²) in [4.78, 5) is 12.4. The molecule has 2 rings (SSSR count). The molecule has 0 saturated carbocycles. The van der Waals surface area contributed by atoms with Gasteiger partial charge in [0, 0.05) is 12.5 Å². The van der Waals surface area contributed by atoms with Crippen molar-refractivity contribution in [3.05, 3.63) is 24.3 Å². The summed E-state index contributed by atoms with van der Waals surface area (Å²) in [5.41, 5.74) is 0.335. The third-order valence-electron chi connectivity index (χ3n) is 3.48. The van der Waals surface area contributed by atoms with E-state index in [1.807, 2.05) is 0 Å². The van der Waals surface area contributed by atoms with Crippen molar-refractivity contribution in [1.82, 2.24) is 10.0 Å². The van der Waals surface area contributed by atoms with Gasteiger partial charge in [0.1, 0.15) is 4.90 Å². The molecule has 1 heterocycles. The molecule has 21 heavy (non-hydrogen) atoms. The molecule has 1 aliphatic rings. The van der Waals surface area contributed by atoms with Gasteiger partial charge in [0.15, 0.2) is 0 Å². The zero-order valence-corrected chi connectivity index (χ0v) is 12.9. The maximum atomic E-state index is 12.3. The van der Waals surface area contributed by atoms with E-state index in [-0.39, 0.29) is 16.7 Å². The van der Waals surface area contributed by atoms with Gasteiger partial charge < -0.3 is 10.6 Å². The van der Waals surface area contributed by atoms with E-state index in [0.29, 0.717) is 12.2 Å². The molecule has 1 aliphatic heterocycles. The van der Waals surface area contributed by atoms with Crippen molar-refractivity contribution >= 4 is 21.6 Å². The first-order chi connectivity index (χ1) is 10.0. The Morgan fingerprint density at radius 1 is 1.29 bits per heavy atom. The molecule has 0 radical (unpaired) electrons. The highest BCUT2D eigenvalue weighted by Crippen LogP contribution is 2.22. The zero-order chi connectivity index (χ0) is 15.3. The topological polar surface area (TPSA) is 87.3 Å². The van der Waals surface area contributed by atoms with Crippen LogP contribution in [0.5, 0.6) is 0 Å². The van der Waals surface area contributed by atoms with Crippen molar-refractivity contribution in [2.45, 2.75) is 24.7 Å². The number of hydrogen-bond donors (Lipinski definition) is 3. The number of carbonyl (C=O) groups excluding carboxylic acids is 1. The van der Waals surface area contributed by atoms with Crippen LogP contribution < -0.4 is 15.4 Å². The average molecular weight is 311 g/mol. The molecule has 1 aromatic carbocycles. The lowest BCUT2D eigenvalue weighted by Gasteiger charge is -2.22. The van der Waals surface area contributed by atoms with Gasteiger partial charge in [-0.15, -0.1) is 0 Å². The molecule has 0 atom stereocenters. The molecular formula is C14H21N3O3S. The maximum absolute atomic E-state index is 12.3. The molecule has 0 unspecified atom stereocenters. The first kappa shape index (κ1) is 15.9. The molecule has 0 aliphatic carbocycles. The van der Waals surface area contributed by atoms with E-state index >= 15 is 0 Å². The fraction of sp³-hybridized carbons (Fsp3) is 0.500. The molecule has 1 aromatic rings. The summed E-state index contributed by atoms with van der Waals surface area (Å²) in [6, 6.07) is 6.46. The van der Waals surface area contributed by atoms with Gasteiger partial charge in [-0.3, -0.25) is 4.79 Å². The second-order valence-corrected chi connectivity index (χ2v) is 6.75. The van der Waals surface area contributed by atoms with Crippen LogP contribution in [0.15, 0.2) is 29.2 Å². The van der Waals surface area contributed by atoms with Crippen LogP contribution in [0.25, 0.3) is 0 Å². The van der Waals surface area contributed by atoms with Crippen LogP contribution in [-0.2, 0) is 14.8 Å². The van der Waals surface area contributed by atoms with Gasteiger partial charge in [-0.1, -0.05) is 19.1 Å². The summed E-state index contributed by atoms with van der Waals surface area (Å²) >= 11 is 0. The van der Waals surface area contributed by atoms with Crippen molar-refractivity contribution in [1.29, 1.82) is 0 Å². The monoisotopic (exact) mass is 311 g/mol. The molecule has 0 spiro atoms. The van der Waals surface area contributed by atoms with E-state index in [9.17, 15) is 13.2 Å². The Balaban J connectivity index is 2.18. The second-order valence-electron chi connectivity index (χ2n) is 5.01. The van der Waals surface area contributed by atoms with Crippen molar-refractivity contribution in [3.8, 4) is 0 Å². The molecule has 0 aromatic heterocycles. The number of nitrogens with one attached hydrogen (secondary N) is 3. The molecule has 6 nitrogen and oxygen atoms in total. The smallest absolute Gasteiger partial charge is 0.242 e. The Labute approximate surface area is 125 Å². The molecule has 3 N–H and O–H groups in total. The van der Waals surface area contributed by atoms with Crippen LogP contribution in [0, 0.1) is 5.92 Å². The first-order valence-electron chi connectivity index (χ1n) is 7.15. The van der Waals surface area contributed by atoms with E-state index in [4.69, 9.17) is 0 Å². The zero-order valence-electron chi connectivity index (χ0n) is 12.1. The van der Waals surface area contributed by atoms with Crippen LogP contribution in [0.1, 0.15) is 19.8 Å². The second kappa shape index (κ2) is 7.02. The van der Waals surface area contributed by atoms with E-state index < -0.39 is 10.0 Å². The fourth-order valence-corrected chi connectivity index (χ4v) is 3.59. The third kappa shape index (κ3) is 4.03. The average Bonchev–Trinajstić information content (AvgIpc) is 2.48. The number of rotatable bonds is 5. The minimum Gasteiger partial charge on any atom is -0.325 e. The Hall–Kier alpha value is -1.44. The van der Waals surface area contributed by atoms with Crippen LogP contribution in [0.2, 0.25) is 0 Å². The highest BCUT2D eigenvalue weighted by molar-refractivity contribution is 7.89. The Morgan fingerprint density at radius 2 is 1.95 bits per heavy atom. The van der Waals surface area contributed by atoms with E-state index in [1.165, 1.54) is 6.07 Å². The number of benzene rings is 1. The predicted molar refractivity (Wildman–Crippen MR) is 81.5 cm³/mol. The SMILES string of the molecule is CCNS(=O)(=O)c1ccccc1NC(=O)C1CCNCC1. The van der Waals surface area contributed by atoms with Crippen LogP contribution in [0.4, 0.5) is 5.69 Å². The lowest BCUT2D eigenvalue weighted by atomic mass is 9.97. The van der Waals surface area contributed by atoms with Crippen molar-refractivity contribution in [2.75, 3.05) is 25.0 Å². The van der Waals surface area contributed by atoms with Crippen LogP contribution in [0.3, 0.4) is 0 Å². The molecular weight excluding hydrogens is 290 g/mol. The number of para-hydroxylation sites is 1. The normalized spacial score (nSPS) is 16.6. The maximum Gasteiger partial charge on any atom is 0.242 e. The van der Waals surface area contributed by atoms with Gasteiger partial charge in [-0.25, -0.2) is 13.1 Å². The highest BCUT2D eigenvalue weighted by atomic mass is 32.2. The number of piperidine rings is 1. The van der Waals surface area contributed by atoms with Gasteiger partial charge in [0.2, 0.25) is 15.9 Å². The van der Waals surface area contributed by atoms with E-state index in [0.717, 1.165) is 25.9 Å². The Kier molecular flexibility index (Phi) is 5.33. The van der Waals surface area contributed by atoms with Gasteiger partial charge in [0.05, 0.1) is 5.69 Å². The summed E-state index contributed by atoms with van der Waals surface area (Å²) in [6.45, 7) is 3.65. The summed E-state index contributed by atoms with van der Waals surface area (Å²) in [6.07, 6.45) is 1.54. The van der Waals surface area contributed by atoms with Gasteiger partial charge in [0.25, 0.3) is 0 Å². The minimum atomic E-state index is -3.59. The number of carbonyl (C=O) groups is 1. The fourth-order valence-electron chi connectivity index (χ4n) is 2.39. The molecule has 1 amide bonds. The molecule has 7 heteroatoms. The van der Waals surface area contributed by atoms with Crippen molar-refractivity contribution < 1.29 is 13.2 Å². The Bertz CT molecular complexity index is 595. The summed E-state index contributed by atoms with van der Waals surface area (Å²) in [5, 5.41) is 5.96. The largest absolute Gasteiger partial charge is 0.325 e. The first-order valence-corrected chi connectivity index (χ1v) is 8.63. The van der Waals surface area contributed by atoms with E-state index in [1.54, 1.807) is 25.1 Å². The third-order valence-corrected chi connectivity index (χ3v) is 5.08. The number of anilines is 1. The van der Waals surface area contributed by atoms with E-state index in [2.05, 4.69) is 15.4 Å². The summed E-state index contributed by atoms with van der Waals surface area (Å²) in [7, 11) is -3.59. The lowest BCUT2D eigenvalue weighted by Crippen LogP contribution is -2.35. The summed E-state index contributed by atoms with van der Waals surface area (Å²) in [5.74, 6) is -0.184. The van der Waals surface area contributed by atoms with Crippen molar-refractivity contribution in [3.63, 3.8) is 0 Å². The number of sulfonamides is 1. The van der Waals surface area contributed by atoms with Gasteiger partial charge >= 0.3 is 0 Å². The minimum absolute atomic E-state index is 0.0684. The predicted octanol–water partition coefficient (Wildman–Crippen LogP) is 0.923.